The molecule has 1 aromatic heterocycles. The number of aryl methyl sites for hydroxylation is 1. The van der Waals surface area contributed by atoms with E-state index < -0.39 is 0 Å². The molecule has 0 radical (unpaired) electrons. The van der Waals surface area contributed by atoms with Crippen LogP contribution >= 0.6 is 0 Å². The SMILES string of the molecule is CNCC12CCC(C1)N(c1nccc(C)n1)C2. The normalized spacial score (nSPS) is 31.2. The van der Waals surface area contributed by atoms with E-state index in [0.717, 1.165) is 24.7 Å². The van der Waals surface area contributed by atoms with E-state index in [1.165, 1.54) is 19.3 Å². The molecule has 1 N–H and O–H groups in total. The summed E-state index contributed by atoms with van der Waals surface area (Å²) < 4.78 is 0. The number of hydrogen-bond donors (Lipinski definition) is 1. The molecule has 2 fully saturated rings. The van der Waals surface area contributed by atoms with Crippen molar-refractivity contribution in [1.82, 2.24) is 15.3 Å². The molecule has 2 bridgehead atoms. The second-order valence-electron chi connectivity index (χ2n) is 5.55. The van der Waals surface area contributed by atoms with Gasteiger partial charge in [0, 0.05) is 36.4 Å². The summed E-state index contributed by atoms with van der Waals surface area (Å²) in [4.78, 5) is 11.4. The van der Waals surface area contributed by atoms with Gasteiger partial charge in [0.1, 0.15) is 0 Å². The molecule has 1 saturated heterocycles. The monoisotopic (exact) mass is 232 g/mol. The molecule has 4 nitrogen and oxygen atoms in total. The van der Waals surface area contributed by atoms with Crippen LogP contribution in [0.2, 0.25) is 0 Å². The van der Waals surface area contributed by atoms with E-state index in [2.05, 4.69) is 20.2 Å². The van der Waals surface area contributed by atoms with Gasteiger partial charge in [0.05, 0.1) is 0 Å². The molecule has 1 aromatic rings. The zero-order chi connectivity index (χ0) is 11.9. The molecule has 2 atom stereocenters. The van der Waals surface area contributed by atoms with Crippen molar-refractivity contribution in [2.24, 2.45) is 5.41 Å². The van der Waals surface area contributed by atoms with Gasteiger partial charge >= 0.3 is 0 Å². The zero-order valence-electron chi connectivity index (χ0n) is 10.6. The summed E-state index contributed by atoms with van der Waals surface area (Å²) in [5, 5.41) is 3.34. The van der Waals surface area contributed by atoms with Crippen molar-refractivity contribution in [2.75, 3.05) is 25.0 Å². The lowest BCUT2D eigenvalue weighted by Gasteiger charge is -2.32. The van der Waals surface area contributed by atoms with Crippen LogP contribution in [-0.4, -0.2) is 36.1 Å². The van der Waals surface area contributed by atoms with Crippen molar-refractivity contribution in [3.8, 4) is 0 Å². The number of piperidine rings is 1. The van der Waals surface area contributed by atoms with E-state index in [1.807, 2.05) is 26.2 Å². The minimum Gasteiger partial charge on any atom is -0.337 e. The fraction of sp³-hybridized carbons (Fsp3) is 0.692. The summed E-state index contributed by atoms with van der Waals surface area (Å²) in [6.45, 7) is 4.26. The third-order valence-electron chi connectivity index (χ3n) is 4.21. The van der Waals surface area contributed by atoms with Gasteiger partial charge in [-0.2, -0.15) is 0 Å². The molecular weight excluding hydrogens is 212 g/mol. The van der Waals surface area contributed by atoms with Gasteiger partial charge in [-0.15, -0.1) is 0 Å². The molecule has 1 aliphatic heterocycles. The quantitative estimate of drug-likeness (QED) is 0.854. The standard InChI is InChI=1S/C13H20N4/c1-10-4-6-15-12(16-10)17-9-13(8-14-2)5-3-11(17)7-13/h4,6,11,14H,3,5,7-9H2,1-2H3. The highest BCUT2D eigenvalue weighted by Crippen LogP contribution is 2.48. The molecule has 3 rings (SSSR count). The Morgan fingerprint density at radius 2 is 2.47 bits per heavy atom. The second kappa shape index (κ2) is 3.95. The van der Waals surface area contributed by atoms with E-state index in [1.54, 1.807) is 0 Å². The Hall–Kier alpha value is -1.16. The number of nitrogens with one attached hydrogen (secondary N) is 1. The maximum absolute atomic E-state index is 4.56. The Kier molecular flexibility index (Phi) is 2.54. The van der Waals surface area contributed by atoms with Crippen LogP contribution in [0.5, 0.6) is 0 Å². The maximum atomic E-state index is 4.56. The molecule has 2 aliphatic rings. The summed E-state index contributed by atoms with van der Waals surface area (Å²) >= 11 is 0. The topological polar surface area (TPSA) is 41.0 Å². The van der Waals surface area contributed by atoms with Crippen LogP contribution < -0.4 is 10.2 Å². The van der Waals surface area contributed by atoms with Crippen molar-refractivity contribution in [2.45, 2.75) is 32.2 Å². The van der Waals surface area contributed by atoms with Crippen molar-refractivity contribution >= 4 is 5.95 Å². The molecule has 2 heterocycles. The van der Waals surface area contributed by atoms with Crippen molar-refractivity contribution in [3.05, 3.63) is 18.0 Å². The highest BCUT2D eigenvalue weighted by atomic mass is 15.3. The number of aromatic nitrogens is 2. The first kappa shape index (κ1) is 11.0. The molecule has 2 unspecified atom stereocenters. The summed E-state index contributed by atoms with van der Waals surface area (Å²) in [5.41, 5.74) is 1.52. The third kappa shape index (κ3) is 1.80. The van der Waals surface area contributed by atoms with Crippen molar-refractivity contribution < 1.29 is 0 Å². The van der Waals surface area contributed by atoms with Gasteiger partial charge in [0.15, 0.2) is 0 Å². The number of hydrogen-bond acceptors (Lipinski definition) is 4. The highest BCUT2D eigenvalue weighted by molar-refractivity contribution is 5.37. The van der Waals surface area contributed by atoms with Gasteiger partial charge < -0.3 is 10.2 Å². The molecular formula is C13H20N4. The first-order valence-electron chi connectivity index (χ1n) is 6.43. The third-order valence-corrected chi connectivity index (χ3v) is 4.21. The Labute approximate surface area is 102 Å². The molecule has 1 saturated carbocycles. The lowest BCUT2D eigenvalue weighted by Crippen LogP contribution is -2.40. The Morgan fingerprint density at radius 3 is 3.24 bits per heavy atom. The predicted octanol–water partition coefficient (Wildman–Crippen LogP) is 1.36. The Bertz CT molecular complexity index is 420. The van der Waals surface area contributed by atoms with Gasteiger partial charge in [-0.05, 0) is 39.3 Å². The average Bonchev–Trinajstić information content (AvgIpc) is 2.87. The van der Waals surface area contributed by atoms with Crippen LogP contribution in [0.3, 0.4) is 0 Å². The number of anilines is 1. The minimum absolute atomic E-state index is 0.465. The number of rotatable bonds is 3. The largest absolute Gasteiger partial charge is 0.337 e. The lowest BCUT2D eigenvalue weighted by molar-refractivity contribution is 0.317. The molecule has 92 valence electrons. The maximum Gasteiger partial charge on any atom is 0.225 e. The summed E-state index contributed by atoms with van der Waals surface area (Å²) in [5.74, 6) is 0.924. The molecule has 4 heteroatoms. The first-order valence-corrected chi connectivity index (χ1v) is 6.43. The van der Waals surface area contributed by atoms with E-state index in [9.17, 15) is 0 Å². The van der Waals surface area contributed by atoms with E-state index in [0.29, 0.717) is 11.5 Å². The van der Waals surface area contributed by atoms with E-state index in [-0.39, 0.29) is 0 Å². The van der Waals surface area contributed by atoms with Crippen molar-refractivity contribution in [3.63, 3.8) is 0 Å². The van der Waals surface area contributed by atoms with Crippen LogP contribution in [0.25, 0.3) is 0 Å². The van der Waals surface area contributed by atoms with E-state index in [4.69, 9.17) is 0 Å². The summed E-state index contributed by atoms with van der Waals surface area (Å²) in [6.07, 6.45) is 5.80. The smallest absolute Gasteiger partial charge is 0.225 e. The second-order valence-corrected chi connectivity index (χ2v) is 5.55. The molecule has 0 amide bonds. The molecule has 0 spiro atoms. The summed E-state index contributed by atoms with van der Waals surface area (Å²) in [6, 6.07) is 2.62. The van der Waals surface area contributed by atoms with Gasteiger partial charge in [-0.1, -0.05) is 0 Å². The van der Waals surface area contributed by atoms with Crippen LogP contribution in [0.4, 0.5) is 5.95 Å². The van der Waals surface area contributed by atoms with Crippen LogP contribution in [0.15, 0.2) is 12.3 Å². The van der Waals surface area contributed by atoms with Gasteiger partial charge in [-0.3, -0.25) is 0 Å². The summed E-state index contributed by atoms with van der Waals surface area (Å²) in [7, 11) is 2.05. The average molecular weight is 232 g/mol. The minimum atomic E-state index is 0.465. The predicted molar refractivity (Wildman–Crippen MR) is 68.1 cm³/mol. The van der Waals surface area contributed by atoms with Crippen molar-refractivity contribution in [1.29, 1.82) is 0 Å². The fourth-order valence-electron chi connectivity index (χ4n) is 3.48. The molecule has 0 aromatic carbocycles. The zero-order valence-corrected chi connectivity index (χ0v) is 10.6. The van der Waals surface area contributed by atoms with Gasteiger partial charge in [-0.25, -0.2) is 9.97 Å². The molecule has 17 heavy (non-hydrogen) atoms. The molecule has 1 aliphatic carbocycles. The Balaban J connectivity index is 1.83. The lowest BCUT2D eigenvalue weighted by atomic mass is 9.87. The fourth-order valence-corrected chi connectivity index (χ4v) is 3.48. The van der Waals surface area contributed by atoms with E-state index >= 15 is 0 Å². The van der Waals surface area contributed by atoms with Gasteiger partial charge in [0.2, 0.25) is 5.95 Å². The van der Waals surface area contributed by atoms with Gasteiger partial charge in [0.25, 0.3) is 0 Å². The van der Waals surface area contributed by atoms with Crippen LogP contribution in [0, 0.1) is 12.3 Å². The van der Waals surface area contributed by atoms with Crippen LogP contribution in [0.1, 0.15) is 25.0 Å². The van der Waals surface area contributed by atoms with Crippen LogP contribution in [-0.2, 0) is 0 Å². The number of fused-ring (bicyclic) bond motifs is 2. The first-order chi connectivity index (χ1) is 8.22. The number of nitrogens with zero attached hydrogens (tertiary/aromatic N) is 3. The Morgan fingerprint density at radius 1 is 1.59 bits per heavy atom. The highest BCUT2D eigenvalue weighted by Gasteiger charge is 2.49.